The topological polar surface area (TPSA) is 117 Å². The Hall–Kier alpha value is -4.00. The van der Waals surface area contributed by atoms with E-state index in [0.717, 1.165) is 31.4 Å². The van der Waals surface area contributed by atoms with Crippen LogP contribution in [0.1, 0.15) is 74.4 Å². The van der Waals surface area contributed by atoms with Crippen molar-refractivity contribution < 1.29 is 47.2 Å². The molecule has 2 aromatic carbocycles. The third-order valence-corrected chi connectivity index (χ3v) is 9.24. The number of aromatic nitrogens is 1. The van der Waals surface area contributed by atoms with Crippen molar-refractivity contribution in [3.05, 3.63) is 75.8 Å². The zero-order chi connectivity index (χ0) is 34.9. The Kier molecular flexibility index (Phi) is 10.0. The van der Waals surface area contributed by atoms with Gasteiger partial charge in [-0.25, -0.2) is 23.4 Å². The van der Waals surface area contributed by atoms with Crippen LogP contribution < -0.4 is 9.47 Å². The number of likely N-dealkylation sites (tertiary alicyclic amines) is 1. The van der Waals surface area contributed by atoms with E-state index >= 15 is 8.78 Å². The molecule has 3 atom stereocenters. The molecule has 3 aliphatic rings. The summed E-state index contributed by atoms with van der Waals surface area (Å²) >= 11 is 6.63. The average Bonchev–Trinajstić information content (AvgIpc) is 3.71. The van der Waals surface area contributed by atoms with E-state index in [4.69, 9.17) is 35.3 Å². The first-order valence-corrected chi connectivity index (χ1v) is 16.8. The van der Waals surface area contributed by atoms with Crippen LogP contribution in [0, 0.1) is 11.6 Å². The quantitative estimate of drug-likeness (QED) is 0.226. The molecule has 2 saturated heterocycles. The maximum Gasteiger partial charge on any atom is 0.410 e. The van der Waals surface area contributed by atoms with Gasteiger partial charge in [0.2, 0.25) is 0 Å². The molecule has 13 heteroatoms. The number of hydrogen-bond donors (Lipinski definition) is 1. The lowest BCUT2D eigenvalue weighted by molar-refractivity contribution is -0.165. The van der Waals surface area contributed by atoms with Gasteiger partial charge in [0.25, 0.3) is 5.88 Å². The summed E-state index contributed by atoms with van der Waals surface area (Å²) < 4.78 is 60.2. The third kappa shape index (κ3) is 7.18. The number of benzene rings is 2. The highest BCUT2D eigenvalue weighted by atomic mass is 35.5. The van der Waals surface area contributed by atoms with E-state index in [1.54, 1.807) is 25.7 Å². The average molecular weight is 701 g/mol. The molecule has 1 unspecified atom stereocenters. The number of ether oxygens (including phenoxy) is 5. The summed E-state index contributed by atoms with van der Waals surface area (Å²) in [6, 6.07) is 10.6. The first-order chi connectivity index (χ1) is 23.4. The minimum atomic E-state index is -1.50. The maximum absolute atomic E-state index is 15.7. The van der Waals surface area contributed by atoms with E-state index in [0.29, 0.717) is 37.1 Å². The highest BCUT2D eigenvalue weighted by Crippen LogP contribution is 2.53. The molecule has 6 rings (SSSR count). The fraction of sp³-hybridized carbons (Fsp3) is 0.472. The number of halogens is 3. The van der Waals surface area contributed by atoms with Crippen LogP contribution in [0.4, 0.5) is 13.6 Å². The Morgan fingerprint density at radius 1 is 1.08 bits per heavy atom. The number of fused-ring (bicyclic) bond motifs is 1. The van der Waals surface area contributed by atoms with Crippen LogP contribution >= 0.6 is 11.6 Å². The zero-order valence-electron chi connectivity index (χ0n) is 27.6. The molecule has 0 saturated carbocycles. The fourth-order valence-corrected chi connectivity index (χ4v) is 7.04. The van der Waals surface area contributed by atoms with Gasteiger partial charge in [0, 0.05) is 36.8 Å². The predicted octanol–water partition coefficient (Wildman–Crippen LogP) is 7.53. The lowest BCUT2D eigenvalue weighted by atomic mass is 9.80. The Morgan fingerprint density at radius 3 is 2.55 bits per heavy atom. The summed E-state index contributed by atoms with van der Waals surface area (Å²) in [5.74, 6) is -3.81. The third-order valence-electron chi connectivity index (χ3n) is 8.87. The molecule has 1 amide bonds. The molecule has 3 aromatic rings. The Bertz CT molecular complexity index is 1710. The molecule has 10 nitrogen and oxygen atoms in total. The second-order valence-electron chi connectivity index (χ2n) is 13.4. The highest BCUT2D eigenvalue weighted by Gasteiger charge is 2.54. The number of aromatic carboxylic acids is 1. The molecule has 3 aliphatic heterocycles. The molecule has 262 valence electrons. The van der Waals surface area contributed by atoms with Gasteiger partial charge in [-0.15, -0.1) is 0 Å². The fourth-order valence-electron chi connectivity index (χ4n) is 6.79. The van der Waals surface area contributed by atoms with Gasteiger partial charge in [0.05, 0.1) is 28.9 Å². The van der Waals surface area contributed by atoms with Crippen molar-refractivity contribution in [2.75, 3.05) is 26.4 Å². The normalized spacial score (nSPS) is 22.0. The molecule has 0 aliphatic carbocycles. The second-order valence-corrected chi connectivity index (χ2v) is 13.8. The van der Waals surface area contributed by atoms with Gasteiger partial charge in [-0.3, -0.25) is 0 Å². The van der Waals surface area contributed by atoms with Gasteiger partial charge in [0.1, 0.15) is 23.8 Å². The predicted molar refractivity (Wildman–Crippen MR) is 175 cm³/mol. The zero-order valence-corrected chi connectivity index (χ0v) is 28.4. The minimum absolute atomic E-state index is 0.0645. The van der Waals surface area contributed by atoms with E-state index in [1.165, 1.54) is 0 Å². The lowest BCUT2D eigenvalue weighted by Crippen LogP contribution is -2.53. The van der Waals surface area contributed by atoms with Crippen LogP contribution in [0.15, 0.2) is 42.5 Å². The summed E-state index contributed by atoms with van der Waals surface area (Å²) in [5, 5.41) is 9.73. The first kappa shape index (κ1) is 34.8. The lowest BCUT2D eigenvalue weighted by Gasteiger charge is -2.40. The molecule has 49 heavy (non-hydrogen) atoms. The summed E-state index contributed by atoms with van der Waals surface area (Å²) in [7, 11) is 0. The van der Waals surface area contributed by atoms with Crippen LogP contribution in [-0.2, 0) is 26.2 Å². The van der Waals surface area contributed by atoms with Crippen LogP contribution in [0.2, 0.25) is 5.02 Å². The van der Waals surface area contributed by atoms with Gasteiger partial charge in [0.15, 0.2) is 17.7 Å². The SMILES string of the molecule is CC(C)(C)OC(=O)N1CCC[C@H]1[C@@]1(c2ccccc2)Cc2c(cc(F)c(Cl)c2-c2nc(OCCOC3CCCCO3)c(F)cc2C(=O)O)O1. The molecule has 0 bridgehead atoms. The van der Waals surface area contributed by atoms with E-state index in [2.05, 4.69) is 4.98 Å². The number of rotatable bonds is 9. The van der Waals surface area contributed by atoms with Crippen molar-refractivity contribution in [3.8, 4) is 22.9 Å². The number of hydrogen-bond acceptors (Lipinski definition) is 8. The largest absolute Gasteiger partial charge is 0.480 e. The van der Waals surface area contributed by atoms with E-state index in [1.807, 2.05) is 30.3 Å². The monoisotopic (exact) mass is 700 g/mol. The number of pyridine rings is 1. The van der Waals surface area contributed by atoms with E-state index < -0.39 is 57.4 Å². The van der Waals surface area contributed by atoms with Gasteiger partial charge >= 0.3 is 12.1 Å². The molecule has 0 radical (unpaired) electrons. The Balaban J connectivity index is 1.40. The first-order valence-electron chi connectivity index (χ1n) is 16.4. The Labute approximate surface area is 288 Å². The number of carboxylic acid groups (broad SMARTS) is 1. The summed E-state index contributed by atoms with van der Waals surface area (Å²) in [6.45, 7) is 6.33. The summed E-state index contributed by atoms with van der Waals surface area (Å²) in [6.07, 6.45) is 3.04. The minimum Gasteiger partial charge on any atom is -0.480 e. The molecule has 0 spiro atoms. The Morgan fingerprint density at radius 2 is 1.86 bits per heavy atom. The molecule has 4 heterocycles. The summed E-state index contributed by atoms with van der Waals surface area (Å²) in [4.78, 5) is 31.9. The van der Waals surface area contributed by atoms with Gasteiger partial charge in [-0.2, -0.15) is 0 Å². The van der Waals surface area contributed by atoms with Crippen molar-refractivity contribution in [2.24, 2.45) is 0 Å². The van der Waals surface area contributed by atoms with Crippen molar-refractivity contribution in [1.29, 1.82) is 0 Å². The van der Waals surface area contributed by atoms with Crippen molar-refractivity contribution in [3.63, 3.8) is 0 Å². The molecule has 1 aromatic heterocycles. The highest BCUT2D eigenvalue weighted by molar-refractivity contribution is 6.34. The van der Waals surface area contributed by atoms with Crippen molar-refractivity contribution >= 4 is 23.7 Å². The number of nitrogens with zero attached hydrogens (tertiary/aromatic N) is 2. The van der Waals surface area contributed by atoms with E-state index in [9.17, 15) is 14.7 Å². The summed E-state index contributed by atoms with van der Waals surface area (Å²) in [5.41, 5.74) is -1.80. The van der Waals surface area contributed by atoms with Crippen molar-refractivity contribution in [2.45, 2.75) is 82.8 Å². The van der Waals surface area contributed by atoms with Gasteiger partial charge in [-0.05, 0) is 64.5 Å². The molecular weight excluding hydrogens is 662 g/mol. The van der Waals surface area contributed by atoms with E-state index in [-0.39, 0.29) is 42.9 Å². The smallest absolute Gasteiger partial charge is 0.410 e. The van der Waals surface area contributed by atoms with Gasteiger partial charge < -0.3 is 33.7 Å². The second kappa shape index (κ2) is 14.1. The molecule has 1 N–H and O–H groups in total. The number of amides is 1. The number of carbonyl (C=O) groups is 2. The van der Waals surface area contributed by atoms with Crippen LogP contribution in [0.25, 0.3) is 11.3 Å². The maximum atomic E-state index is 15.7. The van der Waals surface area contributed by atoms with Crippen LogP contribution in [-0.4, -0.2) is 71.4 Å². The standard InChI is InChI=1S/C36H39ClF2N2O8/c1-35(2,3)49-34(44)41-14-9-12-27(41)36(21-10-5-4-6-11-21)20-23-26(48-36)19-24(38)30(37)29(23)31-22(33(42)43)18-25(39)32(40-31)47-17-16-46-28-13-7-8-15-45-28/h4-6,10-11,18-19,27-28H,7-9,12-17,20H2,1-3H3,(H,42,43)/t27-,28?,36-/m0/s1. The number of carbonyl (C=O) groups excluding carboxylic acids is 1. The van der Waals surface area contributed by atoms with Crippen LogP contribution in [0.5, 0.6) is 11.6 Å². The number of carboxylic acids is 1. The molecular formula is C36H39ClF2N2O8. The van der Waals surface area contributed by atoms with Gasteiger partial charge in [-0.1, -0.05) is 41.9 Å². The molecule has 2 fully saturated rings. The van der Waals surface area contributed by atoms with Crippen LogP contribution in [0.3, 0.4) is 0 Å². The van der Waals surface area contributed by atoms with Crippen molar-refractivity contribution in [1.82, 2.24) is 9.88 Å².